The van der Waals surface area contributed by atoms with Crippen molar-refractivity contribution in [1.29, 1.82) is 0 Å². The summed E-state index contributed by atoms with van der Waals surface area (Å²) in [5.41, 5.74) is -1.14. The number of carbonyl (C=O) groups excluding carboxylic acids is 2. The van der Waals surface area contributed by atoms with Crippen LogP contribution in [0.25, 0.3) is 0 Å². The van der Waals surface area contributed by atoms with Crippen LogP contribution in [-0.4, -0.2) is 43.1 Å². The molecule has 13 heteroatoms. The van der Waals surface area contributed by atoms with Gasteiger partial charge in [-0.2, -0.15) is 0 Å². The van der Waals surface area contributed by atoms with Crippen molar-refractivity contribution in [2.24, 2.45) is 14.1 Å². The Balaban J connectivity index is 1.76. The Labute approximate surface area is 205 Å². The van der Waals surface area contributed by atoms with Crippen LogP contribution in [0.1, 0.15) is 10.4 Å². The molecule has 0 bridgehead atoms. The van der Waals surface area contributed by atoms with E-state index in [1.165, 1.54) is 33.3 Å². The minimum Gasteiger partial charge on any atom is -0.452 e. The fraction of sp³-hybridized carbons (Fsp3) is 0.182. The van der Waals surface area contributed by atoms with Crippen LogP contribution < -0.4 is 20.9 Å². The molecule has 1 heterocycles. The Hall–Kier alpha value is -3.90. The van der Waals surface area contributed by atoms with E-state index in [4.69, 9.17) is 16.3 Å². The standard InChI is InChI=1S/C22H21ClN4O7S/c1-25-18(12-20(29)26(2)22(25)31)24-19(28)13-34-21(30)16-11-15(9-10-17(16)23)35(32,33)27(3)14-7-5-4-6-8-14/h4-12H,13H2,1-3H3,(H,24,28). The minimum absolute atomic E-state index is 0.0781. The van der Waals surface area contributed by atoms with Crippen LogP contribution in [0.2, 0.25) is 5.02 Å². The second kappa shape index (κ2) is 10.2. The predicted octanol–water partition coefficient (Wildman–Crippen LogP) is 1.36. The lowest BCUT2D eigenvalue weighted by Crippen LogP contribution is -2.38. The van der Waals surface area contributed by atoms with Crippen molar-refractivity contribution in [3.63, 3.8) is 0 Å². The Morgan fingerprint density at radius 1 is 1.03 bits per heavy atom. The molecule has 184 valence electrons. The predicted molar refractivity (Wildman–Crippen MR) is 129 cm³/mol. The number of esters is 1. The summed E-state index contributed by atoms with van der Waals surface area (Å²) in [6, 6.07) is 12.9. The molecule has 2 aromatic carbocycles. The molecule has 0 saturated carbocycles. The van der Waals surface area contributed by atoms with E-state index in [-0.39, 0.29) is 21.3 Å². The van der Waals surface area contributed by atoms with Gasteiger partial charge in [-0.25, -0.2) is 18.0 Å². The molecule has 3 aromatic rings. The summed E-state index contributed by atoms with van der Waals surface area (Å²) >= 11 is 6.07. The number of hydrogen-bond donors (Lipinski definition) is 1. The quantitative estimate of drug-likeness (QED) is 0.464. The maximum Gasteiger partial charge on any atom is 0.340 e. The Morgan fingerprint density at radius 3 is 2.34 bits per heavy atom. The van der Waals surface area contributed by atoms with E-state index < -0.39 is 39.8 Å². The molecule has 0 saturated heterocycles. The van der Waals surface area contributed by atoms with Crippen molar-refractivity contribution in [2.45, 2.75) is 4.90 Å². The van der Waals surface area contributed by atoms with Crippen LogP contribution in [0.3, 0.4) is 0 Å². The number of para-hydroxylation sites is 1. The number of ether oxygens (including phenoxy) is 1. The van der Waals surface area contributed by atoms with E-state index in [0.29, 0.717) is 5.69 Å². The van der Waals surface area contributed by atoms with Gasteiger partial charge in [0, 0.05) is 27.2 Å². The van der Waals surface area contributed by atoms with Gasteiger partial charge in [0.25, 0.3) is 21.5 Å². The molecule has 0 atom stereocenters. The second-order valence-corrected chi connectivity index (χ2v) is 9.72. The van der Waals surface area contributed by atoms with Gasteiger partial charge in [0.1, 0.15) is 5.82 Å². The molecule has 0 spiro atoms. The summed E-state index contributed by atoms with van der Waals surface area (Å²) < 4.78 is 33.9. The lowest BCUT2D eigenvalue weighted by atomic mass is 10.2. The SMILES string of the molecule is CN(c1ccccc1)S(=O)(=O)c1ccc(Cl)c(C(=O)OCC(=O)Nc2cc(=O)n(C)c(=O)n2C)c1. The van der Waals surface area contributed by atoms with E-state index in [0.717, 1.165) is 25.6 Å². The number of hydrogen-bond acceptors (Lipinski definition) is 7. The molecule has 11 nitrogen and oxygen atoms in total. The van der Waals surface area contributed by atoms with Crippen LogP contribution in [0.15, 0.2) is 69.1 Å². The molecule has 0 radical (unpaired) electrons. The molecule has 0 aliphatic rings. The average molecular weight is 521 g/mol. The number of benzene rings is 2. The summed E-state index contributed by atoms with van der Waals surface area (Å²) in [5, 5.41) is 2.23. The topological polar surface area (TPSA) is 137 Å². The highest BCUT2D eigenvalue weighted by Crippen LogP contribution is 2.26. The van der Waals surface area contributed by atoms with Crippen molar-refractivity contribution < 1.29 is 22.7 Å². The molecule has 1 N–H and O–H groups in total. The molecule has 3 rings (SSSR count). The number of carbonyl (C=O) groups is 2. The van der Waals surface area contributed by atoms with Crippen LogP contribution in [0.5, 0.6) is 0 Å². The highest BCUT2D eigenvalue weighted by Gasteiger charge is 2.24. The first kappa shape index (κ1) is 25.7. The van der Waals surface area contributed by atoms with Gasteiger partial charge in [0.05, 0.1) is 21.2 Å². The highest BCUT2D eigenvalue weighted by atomic mass is 35.5. The lowest BCUT2D eigenvalue weighted by Gasteiger charge is -2.20. The summed E-state index contributed by atoms with van der Waals surface area (Å²) in [7, 11) is -0.0285. The van der Waals surface area contributed by atoms with Gasteiger partial charge in [0.15, 0.2) is 6.61 Å². The molecular formula is C22H21ClN4O7S. The van der Waals surface area contributed by atoms with Gasteiger partial charge in [-0.1, -0.05) is 29.8 Å². The summed E-state index contributed by atoms with van der Waals surface area (Å²) in [6.07, 6.45) is 0. The van der Waals surface area contributed by atoms with Gasteiger partial charge in [-0.15, -0.1) is 0 Å². The summed E-state index contributed by atoms with van der Waals surface area (Å²) in [4.78, 5) is 48.3. The van der Waals surface area contributed by atoms with Gasteiger partial charge in [-0.3, -0.25) is 23.0 Å². The number of rotatable bonds is 7. The van der Waals surface area contributed by atoms with E-state index in [1.54, 1.807) is 30.3 Å². The molecule has 1 amide bonds. The molecule has 0 aliphatic heterocycles. The molecule has 0 fully saturated rings. The highest BCUT2D eigenvalue weighted by molar-refractivity contribution is 7.92. The molecule has 0 aliphatic carbocycles. The zero-order chi connectivity index (χ0) is 25.9. The number of sulfonamides is 1. The van der Waals surface area contributed by atoms with Crippen LogP contribution in [0.4, 0.5) is 11.5 Å². The second-order valence-electron chi connectivity index (χ2n) is 7.34. The Kier molecular flexibility index (Phi) is 7.46. The number of aromatic nitrogens is 2. The van der Waals surface area contributed by atoms with Crippen molar-refractivity contribution in [3.8, 4) is 0 Å². The third kappa shape index (κ3) is 5.44. The van der Waals surface area contributed by atoms with Crippen LogP contribution in [0, 0.1) is 0 Å². The zero-order valence-corrected chi connectivity index (χ0v) is 20.5. The number of halogens is 1. The largest absolute Gasteiger partial charge is 0.452 e. The number of amides is 1. The smallest absolute Gasteiger partial charge is 0.340 e. The monoisotopic (exact) mass is 520 g/mol. The number of nitrogens with one attached hydrogen (secondary N) is 1. The fourth-order valence-corrected chi connectivity index (χ4v) is 4.41. The first-order chi connectivity index (χ1) is 16.4. The zero-order valence-electron chi connectivity index (χ0n) is 18.9. The van der Waals surface area contributed by atoms with Gasteiger partial charge >= 0.3 is 11.7 Å². The first-order valence-electron chi connectivity index (χ1n) is 10.0. The molecule has 1 aromatic heterocycles. The lowest BCUT2D eigenvalue weighted by molar-refractivity contribution is -0.119. The van der Waals surface area contributed by atoms with Gasteiger partial charge in [-0.05, 0) is 30.3 Å². The van der Waals surface area contributed by atoms with Crippen molar-refractivity contribution in [3.05, 3.63) is 86.0 Å². The average Bonchev–Trinajstić information content (AvgIpc) is 2.84. The minimum atomic E-state index is -4.03. The maximum absolute atomic E-state index is 13.0. The van der Waals surface area contributed by atoms with E-state index in [2.05, 4.69) is 5.32 Å². The van der Waals surface area contributed by atoms with Crippen molar-refractivity contribution in [1.82, 2.24) is 9.13 Å². The van der Waals surface area contributed by atoms with Gasteiger partial charge in [0.2, 0.25) is 0 Å². The Morgan fingerprint density at radius 2 is 1.69 bits per heavy atom. The number of nitrogens with zero attached hydrogens (tertiary/aromatic N) is 3. The summed E-state index contributed by atoms with van der Waals surface area (Å²) in [5.74, 6) is -1.96. The fourth-order valence-electron chi connectivity index (χ4n) is 3.00. The van der Waals surface area contributed by atoms with E-state index in [1.807, 2.05) is 0 Å². The third-order valence-electron chi connectivity index (χ3n) is 5.06. The molecule has 35 heavy (non-hydrogen) atoms. The van der Waals surface area contributed by atoms with Crippen molar-refractivity contribution in [2.75, 3.05) is 23.3 Å². The van der Waals surface area contributed by atoms with E-state index in [9.17, 15) is 27.6 Å². The maximum atomic E-state index is 13.0. The summed E-state index contributed by atoms with van der Waals surface area (Å²) in [6.45, 7) is -0.778. The molecular weight excluding hydrogens is 500 g/mol. The number of anilines is 2. The Bertz CT molecular complexity index is 1510. The third-order valence-corrected chi connectivity index (χ3v) is 7.17. The molecule has 0 unspecified atom stereocenters. The first-order valence-corrected chi connectivity index (χ1v) is 11.8. The van der Waals surface area contributed by atoms with Crippen LogP contribution >= 0.6 is 11.6 Å². The van der Waals surface area contributed by atoms with Gasteiger partial charge < -0.3 is 10.1 Å². The van der Waals surface area contributed by atoms with E-state index >= 15 is 0 Å². The van der Waals surface area contributed by atoms with Crippen LogP contribution in [-0.2, 0) is 33.7 Å². The van der Waals surface area contributed by atoms with Crippen molar-refractivity contribution >= 4 is 45.0 Å². The normalized spacial score (nSPS) is 11.1.